The summed E-state index contributed by atoms with van der Waals surface area (Å²) in [5, 5.41) is 3.63. The zero-order chi connectivity index (χ0) is 14.2. The molecule has 2 atom stereocenters. The van der Waals surface area contributed by atoms with Gasteiger partial charge in [-0.2, -0.15) is 0 Å². The summed E-state index contributed by atoms with van der Waals surface area (Å²) in [4.78, 5) is 0. The van der Waals surface area contributed by atoms with Crippen LogP contribution in [0.4, 0.5) is 0 Å². The molecule has 3 heteroatoms. The van der Waals surface area contributed by atoms with Crippen molar-refractivity contribution < 1.29 is 9.47 Å². The van der Waals surface area contributed by atoms with Crippen molar-refractivity contribution in [2.75, 3.05) is 20.3 Å². The second kappa shape index (κ2) is 8.15. The van der Waals surface area contributed by atoms with Crippen LogP contribution in [0.25, 0.3) is 0 Å². The highest BCUT2D eigenvalue weighted by Crippen LogP contribution is 2.26. The fraction of sp³-hybridized carbons (Fsp3) is 0.647. The predicted molar refractivity (Wildman–Crippen MR) is 82.5 cm³/mol. The van der Waals surface area contributed by atoms with E-state index in [4.69, 9.17) is 9.47 Å². The van der Waals surface area contributed by atoms with E-state index in [1.54, 1.807) is 7.11 Å². The van der Waals surface area contributed by atoms with Gasteiger partial charge < -0.3 is 14.8 Å². The zero-order valence-corrected chi connectivity index (χ0v) is 12.7. The van der Waals surface area contributed by atoms with Crippen LogP contribution in [0.3, 0.4) is 0 Å². The topological polar surface area (TPSA) is 30.5 Å². The van der Waals surface area contributed by atoms with E-state index in [0.29, 0.717) is 6.04 Å². The summed E-state index contributed by atoms with van der Waals surface area (Å²) in [6.07, 6.45) is 6.76. The molecule has 0 radical (unpaired) electrons. The van der Waals surface area contributed by atoms with Gasteiger partial charge in [-0.05, 0) is 43.0 Å². The number of methoxy groups -OCH3 is 1. The van der Waals surface area contributed by atoms with E-state index >= 15 is 0 Å². The maximum absolute atomic E-state index is 5.73. The van der Waals surface area contributed by atoms with Gasteiger partial charge in [-0.25, -0.2) is 0 Å². The van der Waals surface area contributed by atoms with E-state index < -0.39 is 0 Å². The minimum atomic E-state index is 0.688. The van der Waals surface area contributed by atoms with Gasteiger partial charge in [0.1, 0.15) is 18.1 Å². The number of nitrogens with one attached hydrogen (secondary N) is 1. The number of rotatable bonds is 7. The molecule has 1 N–H and O–H groups in total. The quantitative estimate of drug-likeness (QED) is 0.772. The average molecular weight is 277 g/mol. The van der Waals surface area contributed by atoms with Crippen molar-refractivity contribution in [3.05, 3.63) is 24.3 Å². The Kier molecular flexibility index (Phi) is 6.19. The second-order valence-corrected chi connectivity index (χ2v) is 5.62. The standard InChI is InChI=1S/C17H27NO2/c1-3-14-5-4-6-15(13-14)18-11-12-20-17-9-7-16(19-2)8-10-17/h7-10,14-15,18H,3-6,11-13H2,1-2H3. The van der Waals surface area contributed by atoms with E-state index in [0.717, 1.165) is 30.6 Å². The minimum Gasteiger partial charge on any atom is -0.497 e. The molecule has 0 spiro atoms. The monoisotopic (exact) mass is 277 g/mol. The number of benzene rings is 1. The molecule has 1 aliphatic rings. The van der Waals surface area contributed by atoms with Gasteiger partial charge in [-0.3, -0.25) is 0 Å². The molecule has 0 aromatic heterocycles. The van der Waals surface area contributed by atoms with Gasteiger partial charge in [-0.1, -0.05) is 26.2 Å². The van der Waals surface area contributed by atoms with Crippen molar-refractivity contribution in [3.8, 4) is 11.5 Å². The second-order valence-electron chi connectivity index (χ2n) is 5.62. The first-order valence-electron chi connectivity index (χ1n) is 7.82. The van der Waals surface area contributed by atoms with Crippen molar-refractivity contribution in [1.29, 1.82) is 0 Å². The molecule has 1 aliphatic carbocycles. The van der Waals surface area contributed by atoms with Gasteiger partial charge in [-0.15, -0.1) is 0 Å². The summed E-state index contributed by atoms with van der Waals surface area (Å²) in [6.45, 7) is 3.95. The van der Waals surface area contributed by atoms with Crippen LogP contribution in [0.15, 0.2) is 24.3 Å². The third kappa shape index (κ3) is 4.71. The molecular weight excluding hydrogens is 250 g/mol. The van der Waals surface area contributed by atoms with Crippen molar-refractivity contribution in [2.45, 2.75) is 45.1 Å². The first-order chi connectivity index (χ1) is 9.81. The molecule has 0 amide bonds. The van der Waals surface area contributed by atoms with Crippen molar-refractivity contribution >= 4 is 0 Å². The highest BCUT2D eigenvalue weighted by atomic mass is 16.5. The van der Waals surface area contributed by atoms with Crippen molar-refractivity contribution in [3.63, 3.8) is 0 Å². The molecule has 3 nitrogen and oxygen atoms in total. The minimum absolute atomic E-state index is 0.688. The van der Waals surface area contributed by atoms with Crippen LogP contribution < -0.4 is 14.8 Å². The average Bonchev–Trinajstić information content (AvgIpc) is 2.52. The Balaban J connectivity index is 1.63. The van der Waals surface area contributed by atoms with Crippen LogP contribution >= 0.6 is 0 Å². The molecule has 2 rings (SSSR count). The summed E-state index contributed by atoms with van der Waals surface area (Å²) < 4.78 is 10.9. The molecule has 2 unspecified atom stereocenters. The summed E-state index contributed by atoms with van der Waals surface area (Å²) in [6, 6.07) is 8.44. The molecule has 1 saturated carbocycles. The summed E-state index contributed by atoms with van der Waals surface area (Å²) in [5.41, 5.74) is 0. The van der Waals surface area contributed by atoms with E-state index in [9.17, 15) is 0 Å². The zero-order valence-electron chi connectivity index (χ0n) is 12.7. The maximum Gasteiger partial charge on any atom is 0.119 e. The molecule has 20 heavy (non-hydrogen) atoms. The van der Waals surface area contributed by atoms with E-state index in [1.807, 2.05) is 24.3 Å². The lowest BCUT2D eigenvalue weighted by Gasteiger charge is -2.29. The maximum atomic E-state index is 5.73. The van der Waals surface area contributed by atoms with Crippen LogP contribution in [-0.4, -0.2) is 26.3 Å². The Morgan fingerprint density at radius 2 is 1.90 bits per heavy atom. The molecule has 0 heterocycles. The fourth-order valence-electron chi connectivity index (χ4n) is 2.95. The predicted octanol–water partition coefficient (Wildman–Crippen LogP) is 3.63. The molecule has 0 saturated heterocycles. The van der Waals surface area contributed by atoms with Gasteiger partial charge in [0.2, 0.25) is 0 Å². The smallest absolute Gasteiger partial charge is 0.119 e. The summed E-state index contributed by atoms with van der Waals surface area (Å²) in [5.74, 6) is 2.69. The largest absolute Gasteiger partial charge is 0.497 e. The SMILES string of the molecule is CCC1CCCC(NCCOc2ccc(OC)cc2)C1. The molecule has 1 aromatic rings. The summed E-state index contributed by atoms with van der Waals surface area (Å²) >= 11 is 0. The van der Waals surface area contributed by atoms with Gasteiger partial charge >= 0.3 is 0 Å². The summed E-state index contributed by atoms with van der Waals surface area (Å²) in [7, 11) is 1.67. The lowest BCUT2D eigenvalue weighted by molar-refractivity contribution is 0.254. The Morgan fingerprint density at radius 1 is 1.15 bits per heavy atom. The fourth-order valence-corrected chi connectivity index (χ4v) is 2.95. The van der Waals surface area contributed by atoms with Gasteiger partial charge in [0.15, 0.2) is 0 Å². The van der Waals surface area contributed by atoms with Crippen molar-refractivity contribution in [1.82, 2.24) is 5.32 Å². The van der Waals surface area contributed by atoms with Crippen molar-refractivity contribution in [2.24, 2.45) is 5.92 Å². The number of ether oxygens (including phenoxy) is 2. The first-order valence-corrected chi connectivity index (χ1v) is 7.82. The third-order valence-corrected chi connectivity index (χ3v) is 4.22. The number of hydrogen-bond acceptors (Lipinski definition) is 3. The van der Waals surface area contributed by atoms with Gasteiger partial charge in [0.25, 0.3) is 0 Å². The van der Waals surface area contributed by atoms with Gasteiger partial charge in [0.05, 0.1) is 7.11 Å². The molecule has 1 aromatic carbocycles. The van der Waals surface area contributed by atoms with Crippen LogP contribution in [-0.2, 0) is 0 Å². The molecule has 0 aliphatic heterocycles. The van der Waals surface area contributed by atoms with Crippen LogP contribution in [0, 0.1) is 5.92 Å². The molecule has 112 valence electrons. The van der Waals surface area contributed by atoms with Crippen LogP contribution in [0.2, 0.25) is 0 Å². The van der Waals surface area contributed by atoms with Crippen LogP contribution in [0.1, 0.15) is 39.0 Å². The molecule has 1 fully saturated rings. The Labute approximate surface area is 122 Å². The van der Waals surface area contributed by atoms with E-state index in [-0.39, 0.29) is 0 Å². The first kappa shape index (κ1) is 15.2. The van der Waals surface area contributed by atoms with E-state index in [1.165, 1.54) is 32.1 Å². The van der Waals surface area contributed by atoms with Crippen LogP contribution in [0.5, 0.6) is 11.5 Å². The third-order valence-electron chi connectivity index (χ3n) is 4.22. The van der Waals surface area contributed by atoms with Gasteiger partial charge in [0, 0.05) is 12.6 Å². The Morgan fingerprint density at radius 3 is 2.60 bits per heavy atom. The lowest BCUT2D eigenvalue weighted by atomic mass is 9.84. The normalized spacial score (nSPS) is 22.5. The highest BCUT2D eigenvalue weighted by Gasteiger charge is 2.19. The molecular formula is C17H27NO2. The Bertz CT molecular complexity index is 377. The lowest BCUT2D eigenvalue weighted by Crippen LogP contribution is -2.36. The Hall–Kier alpha value is -1.22. The van der Waals surface area contributed by atoms with E-state index in [2.05, 4.69) is 12.2 Å². The molecule has 0 bridgehead atoms. The number of hydrogen-bond donors (Lipinski definition) is 1. The highest BCUT2D eigenvalue weighted by molar-refractivity contribution is 5.31.